The highest BCUT2D eigenvalue weighted by atomic mass is 16.5. The fourth-order valence-corrected chi connectivity index (χ4v) is 1.91. The lowest BCUT2D eigenvalue weighted by atomic mass is 10.2. The minimum atomic E-state index is -0.404. The van der Waals surface area contributed by atoms with E-state index in [4.69, 9.17) is 4.74 Å². The van der Waals surface area contributed by atoms with Gasteiger partial charge in [0.2, 0.25) is 0 Å². The highest BCUT2D eigenvalue weighted by molar-refractivity contribution is 5.91. The molecule has 0 spiro atoms. The second-order valence-corrected chi connectivity index (χ2v) is 4.32. The fraction of sp³-hybridized carbons (Fsp3) is 0. The number of hydrogen-bond donors (Lipinski definition) is 0. The molecule has 0 atom stereocenters. The molecule has 102 valence electrons. The maximum Gasteiger partial charge on any atom is 0.343 e. The lowest BCUT2D eigenvalue weighted by Crippen LogP contribution is -2.09. The van der Waals surface area contributed by atoms with Gasteiger partial charge in [0.25, 0.3) is 0 Å². The number of aromatic nitrogens is 2. The number of para-hydroxylation sites is 1. The summed E-state index contributed by atoms with van der Waals surface area (Å²) in [5.41, 5.74) is 1.18. The molecule has 1 heterocycles. The lowest BCUT2D eigenvalue weighted by molar-refractivity contribution is 0.0735. The van der Waals surface area contributed by atoms with Crippen molar-refractivity contribution >= 4 is 5.97 Å². The van der Waals surface area contributed by atoms with Gasteiger partial charge in [-0.25, -0.2) is 14.8 Å². The van der Waals surface area contributed by atoms with Gasteiger partial charge in [-0.2, -0.15) is 0 Å². The van der Waals surface area contributed by atoms with Crippen LogP contribution in [0.4, 0.5) is 0 Å². The Bertz CT molecular complexity index is 743. The summed E-state index contributed by atoms with van der Waals surface area (Å²) in [7, 11) is 0. The molecule has 0 unspecified atom stereocenters. The second kappa shape index (κ2) is 5.96. The van der Waals surface area contributed by atoms with E-state index in [1.54, 1.807) is 54.9 Å². The number of carbonyl (C=O) groups is 1. The van der Waals surface area contributed by atoms with Crippen molar-refractivity contribution in [3.63, 3.8) is 0 Å². The van der Waals surface area contributed by atoms with Crippen molar-refractivity contribution in [1.29, 1.82) is 0 Å². The summed E-state index contributed by atoms with van der Waals surface area (Å²) in [5.74, 6) is 0.561. The van der Waals surface area contributed by atoms with E-state index in [0.29, 0.717) is 22.7 Å². The van der Waals surface area contributed by atoms with Crippen molar-refractivity contribution in [3.8, 4) is 17.1 Å². The van der Waals surface area contributed by atoms with Crippen LogP contribution in [0.3, 0.4) is 0 Å². The molecule has 1 aromatic heterocycles. The highest BCUT2D eigenvalue weighted by Gasteiger charge is 2.13. The minimum Gasteiger partial charge on any atom is -0.422 e. The molecule has 21 heavy (non-hydrogen) atoms. The molecule has 0 aliphatic heterocycles. The first kappa shape index (κ1) is 13.0. The van der Waals surface area contributed by atoms with Gasteiger partial charge in [0.1, 0.15) is 5.75 Å². The first-order valence-corrected chi connectivity index (χ1v) is 6.48. The predicted molar refractivity (Wildman–Crippen MR) is 78.9 cm³/mol. The summed E-state index contributed by atoms with van der Waals surface area (Å²) in [6.45, 7) is 0. The Hall–Kier alpha value is -3.01. The van der Waals surface area contributed by atoms with E-state index < -0.39 is 5.97 Å². The first-order valence-electron chi connectivity index (χ1n) is 6.48. The van der Waals surface area contributed by atoms with Crippen LogP contribution in [0.5, 0.6) is 5.75 Å². The Morgan fingerprint density at radius 1 is 0.810 bits per heavy atom. The van der Waals surface area contributed by atoms with Crippen LogP contribution < -0.4 is 4.74 Å². The smallest absolute Gasteiger partial charge is 0.343 e. The Labute approximate surface area is 122 Å². The Kier molecular flexibility index (Phi) is 3.69. The molecule has 0 aliphatic rings. The lowest BCUT2D eigenvalue weighted by Gasteiger charge is -2.08. The van der Waals surface area contributed by atoms with Gasteiger partial charge in [-0.05, 0) is 30.3 Å². The Morgan fingerprint density at radius 2 is 1.48 bits per heavy atom. The van der Waals surface area contributed by atoms with E-state index in [9.17, 15) is 4.79 Å². The number of benzene rings is 2. The molecule has 4 nitrogen and oxygen atoms in total. The average molecular weight is 276 g/mol. The number of rotatable bonds is 3. The zero-order valence-corrected chi connectivity index (χ0v) is 11.1. The van der Waals surface area contributed by atoms with Crippen LogP contribution in [0.1, 0.15) is 10.4 Å². The van der Waals surface area contributed by atoms with Crippen LogP contribution in [0, 0.1) is 0 Å². The van der Waals surface area contributed by atoms with E-state index in [1.807, 2.05) is 18.2 Å². The summed E-state index contributed by atoms with van der Waals surface area (Å²) in [6.07, 6.45) is 3.30. The number of nitrogens with zero attached hydrogens (tertiary/aromatic N) is 2. The summed E-state index contributed by atoms with van der Waals surface area (Å²) >= 11 is 0. The van der Waals surface area contributed by atoms with Crippen molar-refractivity contribution in [3.05, 3.63) is 78.6 Å². The summed E-state index contributed by atoms with van der Waals surface area (Å²) < 4.78 is 5.47. The summed E-state index contributed by atoms with van der Waals surface area (Å²) in [6, 6.07) is 17.8. The molecule has 0 radical (unpaired) electrons. The molecular formula is C17H12N2O2. The van der Waals surface area contributed by atoms with Crippen molar-refractivity contribution in [1.82, 2.24) is 9.97 Å². The van der Waals surface area contributed by atoms with Crippen LogP contribution >= 0.6 is 0 Å². The number of hydrogen-bond acceptors (Lipinski definition) is 4. The zero-order chi connectivity index (χ0) is 14.5. The van der Waals surface area contributed by atoms with Gasteiger partial charge in [0.05, 0.1) is 11.1 Å². The Balaban J connectivity index is 1.92. The quantitative estimate of drug-likeness (QED) is 0.543. The van der Waals surface area contributed by atoms with Crippen molar-refractivity contribution < 1.29 is 9.53 Å². The van der Waals surface area contributed by atoms with E-state index in [1.165, 1.54) is 0 Å². The second-order valence-electron chi connectivity index (χ2n) is 4.32. The van der Waals surface area contributed by atoms with E-state index >= 15 is 0 Å². The van der Waals surface area contributed by atoms with Crippen molar-refractivity contribution in [2.24, 2.45) is 0 Å². The van der Waals surface area contributed by atoms with Gasteiger partial charge >= 0.3 is 5.97 Å². The largest absolute Gasteiger partial charge is 0.422 e. The molecule has 0 bridgehead atoms. The number of ether oxygens (including phenoxy) is 1. The van der Waals surface area contributed by atoms with Gasteiger partial charge in [-0.3, -0.25) is 0 Å². The van der Waals surface area contributed by atoms with Gasteiger partial charge in [-0.1, -0.05) is 30.3 Å². The van der Waals surface area contributed by atoms with Gasteiger partial charge < -0.3 is 4.74 Å². The molecule has 2 aromatic carbocycles. The fourth-order valence-electron chi connectivity index (χ4n) is 1.91. The Morgan fingerprint density at radius 3 is 2.24 bits per heavy atom. The van der Waals surface area contributed by atoms with Crippen LogP contribution in [-0.4, -0.2) is 15.9 Å². The summed E-state index contributed by atoms with van der Waals surface area (Å²) in [5, 5.41) is 0. The van der Waals surface area contributed by atoms with Gasteiger partial charge in [-0.15, -0.1) is 0 Å². The molecule has 0 amide bonds. The van der Waals surface area contributed by atoms with Gasteiger partial charge in [0, 0.05) is 12.4 Å². The van der Waals surface area contributed by atoms with E-state index in [-0.39, 0.29) is 0 Å². The minimum absolute atomic E-state index is 0.404. The molecule has 3 aromatic rings. The standard InChI is InChI=1S/C17H12N2O2/c20-17(13-7-2-1-3-8-13)21-15-10-5-4-9-14(15)16-18-11-6-12-19-16/h1-12H. The number of carbonyl (C=O) groups excluding carboxylic acids is 1. The maximum atomic E-state index is 12.1. The highest BCUT2D eigenvalue weighted by Crippen LogP contribution is 2.27. The normalized spacial score (nSPS) is 10.1. The molecule has 3 rings (SSSR count). The van der Waals surface area contributed by atoms with Crippen molar-refractivity contribution in [2.75, 3.05) is 0 Å². The third-order valence-corrected chi connectivity index (χ3v) is 2.91. The number of esters is 1. The van der Waals surface area contributed by atoms with Crippen molar-refractivity contribution in [2.45, 2.75) is 0 Å². The molecule has 0 aliphatic carbocycles. The molecular weight excluding hydrogens is 264 g/mol. The van der Waals surface area contributed by atoms with E-state index in [0.717, 1.165) is 0 Å². The first-order chi connectivity index (χ1) is 10.3. The van der Waals surface area contributed by atoms with E-state index in [2.05, 4.69) is 9.97 Å². The van der Waals surface area contributed by atoms with Crippen LogP contribution in [-0.2, 0) is 0 Å². The average Bonchev–Trinajstić information content (AvgIpc) is 2.57. The third-order valence-electron chi connectivity index (χ3n) is 2.91. The monoisotopic (exact) mass is 276 g/mol. The predicted octanol–water partition coefficient (Wildman–Crippen LogP) is 3.36. The molecule has 0 fully saturated rings. The molecule has 0 N–H and O–H groups in total. The topological polar surface area (TPSA) is 52.1 Å². The van der Waals surface area contributed by atoms with Crippen LogP contribution in [0.25, 0.3) is 11.4 Å². The van der Waals surface area contributed by atoms with Crippen LogP contribution in [0.2, 0.25) is 0 Å². The molecule has 0 saturated carbocycles. The van der Waals surface area contributed by atoms with Gasteiger partial charge in [0.15, 0.2) is 5.82 Å². The molecule has 0 saturated heterocycles. The molecule has 4 heteroatoms. The third kappa shape index (κ3) is 2.95. The maximum absolute atomic E-state index is 12.1. The summed E-state index contributed by atoms with van der Waals surface area (Å²) in [4.78, 5) is 20.5. The SMILES string of the molecule is O=C(Oc1ccccc1-c1ncccn1)c1ccccc1. The van der Waals surface area contributed by atoms with Crippen LogP contribution in [0.15, 0.2) is 73.1 Å². The zero-order valence-electron chi connectivity index (χ0n) is 11.1.